The molecule has 0 amide bonds. The number of alkyl halides is 6. The maximum Gasteiger partial charge on any atom is 0.423 e. The molecule has 0 heterocycles. The summed E-state index contributed by atoms with van der Waals surface area (Å²) in [5.74, 6) is 0. The zero-order chi connectivity index (χ0) is 13.1. The molecule has 0 radical (unpaired) electrons. The molecule has 0 rings (SSSR count). The van der Waals surface area contributed by atoms with Gasteiger partial charge in [-0.25, -0.2) is 0 Å². The average molecular weight is 264 g/mol. The minimum atomic E-state index is -5.63. The quantitative estimate of drug-likeness (QED) is 0.505. The third-order valence-electron chi connectivity index (χ3n) is 0.620. The summed E-state index contributed by atoms with van der Waals surface area (Å²) in [7, 11) is -3.67. The third-order valence-corrected chi connectivity index (χ3v) is 0.620. The molecule has 0 bridgehead atoms. The molecule has 0 aromatic rings. The zero-order valence-corrected chi connectivity index (χ0v) is 7.78. The molecule has 0 spiro atoms. The van der Waals surface area contributed by atoms with Gasteiger partial charge in [0.2, 0.25) is 6.10 Å². The molecule has 0 saturated carbocycles. The molecule has 0 unspecified atom stereocenters. The Kier molecular flexibility index (Phi) is 5.60. The highest BCUT2D eigenvalue weighted by Gasteiger charge is 2.55. The number of hydrogen-bond acceptors (Lipinski definition) is 3. The minimum absolute atomic E-state index is 0.715. The van der Waals surface area contributed by atoms with E-state index in [2.05, 4.69) is 0 Å². The van der Waals surface area contributed by atoms with E-state index in [0.717, 1.165) is 0 Å². The smallest absolute Gasteiger partial charge is 0.377 e. The fourth-order valence-electron chi connectivity index (χ4n) is 0.186. The number of hydrogen-bond donors (Lipinski definition) is 2. The molecule has 0 aromatic heterocycles. The van der Waals surface area contributed by atoms with Crippen LogP contribution < -0.4 is 0 Å². The lowest BCUT2D eigenvalue weighted by Crippen LogP contribution is -2.41. The van der Waals surface area contributed by atoms with Crippen LogP contribution in [0.1, 0.15) is 0 Å². The molecule has 0 aliphatic heterocycles. The van der Waals surface area contributed by atoms with Gasteiger partial charge in [0.25, 0.3) is 10.1 Å². The normalized spacial score (nSPS) is 13.5. The van der Waals surface area contributed by atoms with Crippen molar-refractivity contribution in [3.8, 4) is 0 Å². The summed E-state index contributed by atoms with van der Waals surface area (Å²) in [5.41, 5.74) is 0. The van der Waals surface area contributed by atoms with E-state index in [9.17, 15) is 34.8 Å². The van der Waals surface area contributed by atoms with Gasteiger partial charge in [-0.3, -0.25) is 4.55 Å². The molecule has 11 heteroatoms. The zero-order valence-electron chi connectivity index (χ0n) is 6.96. The van der Waals surface area contributed by atoms with E-state index in [1.807, 2.05) is 0 Å². The topological polar surface area (TPSA) is 74.6 Å². The van der Waals surface area contributed by atoms with Gasteiger partial charge < -0.3 is 5.11 Å². The summed E-state index contributed by atoms with van der Waals surface area (Å²) < 4.78 is 91.7. The van der Waals surface area contributed by atoms with Crippen molar-refractivity contribution in [3.63, 3.8) is 0 Å². The molecule has 0 aliphatic carbocycles. The number of aliphatic hydroxyl groups is 1. The number of aliphatic hydroxyl groups excluding tert-OH is 1. The fraction of sp³-hybridized carbons (Fsp3) is 1.00. The number of halogens is 6. The van der Waals surface area contributed by atoms with Gasteiger partial charge in [-0.15, -0.1) is 0 Å². The van der Waals surface area contributed by atoms with Gasteiger partial charge in [-0.05, 0) is 0 Å². The van der Waals surface area contributed by atoms with E-state index in [4.69, 9.17) is 9.66 Å². The molecule has 0 fully saturated rings. The van der Waals surface area contributed by atoms with E-state index in [-0.39, 0.29) is 0 Å². The maximum absolute atomic E-state index is 11.0. The lowest BCUT2D eigenvalue weighted by molar-refractivity contribution is -0.308. The summed E-state index contributed by atoms with van der Waals surface area (Å²) in [4.78, 5) is 0. The Morgan fingerprint density at radius 2 is 1.13 bits per heavy atom. The van der Waals surface area contributed by atoms with E-state index < -0.39 is 28.6 Å². The standard InChI is InChI=1S/C3H2F6O.CH4O3S/c4-2(5,6)1(10)3(7,8)9;1-5(2,3)4/h1,10H;1H3,(H,2,3,4). The van der Waals surface area contributed by atoms with Crippen LogP contribution >= 0.6 is 0 Å². The van der Waals surface area contributed by atoms with Gasteiger partial charge in [0, 0.05) is 0 Å². The molecular formula is C4H6F6O4S. The van der Waals surface area contributed by atoms with E-state index >= 15 is 0 Å². The largest absolute Gasteiger partial charge is 0.423 e. The Balaban J connectivity index is 0. The van der Waals surface area contributed by atoms with Crippen molar-refractivity contribution in [1.29, 1.82) is 0 Å². The molecule has 4 nitrogen and oxygen atoms in total. The SMILES string of the molecule is CS(=O)(=O)O.OC(C(F)(F)F)C(F)(F)F. The summed E-state index contributed by atoms with van der Waals surface area (Å²) in [6, 6.07) is 0. The van der Waals surface area contributed by atoms with Gasteiger partial charge in [-0.2, -0.15) is 34.8 Å². The van der Waals surface area contributed by atoms with Crippen LogP contribution in [0.15, 0.2) is 0 Å². The second kappa shape index (κ2) is 4.99. The summed E-state index contributed by atoms with van der Waals surface area (Å²) in [5, 5.41) is 7.47. The first-order chi connectivity index (χ1) is 6.15. The first kappa shape index (κ1) is 16.9. The van der Waals surface area contributed by atoms with Crippen LogP contribution in [0.2, 0.25) is 0 Å². The Bertz CT molecular complexity index is 254. The molecule has 15 heavy (non-hydrogen) atoms. The van der Waals surface area contributed by atoms with Crippen molar-refractivity contribution < 1.29 is 44.4 Å². The maximum atomic E-state index is 11.0. The Hall–Kier alpha value is -0.550. The molecule has 0 atom stereocenters. The summed E-state index contributed by atoms with van der Waals surface area (Å²) in [6.45, 7) is 0. The highest BCUT2D eigenvalue weighted by Crippen LogP contribution is 2.32. The van der Waals surface area contributed by atoms with E-state index in [0.29, 0.717) is 6.26 Å². The highest BCUT2D eigenvalue weighted by molar-refractivity contribution is 7.85. The van der Waals surface area contributed by atoms with Crippen LogP contribution in [-0.4, -0.2) is 42.8 Å². The molecule has 0 aromatic carbocycles. The van der Waals surface area contributed by atoms with Gasteiger partial charge in [0.1, 0.15) is 0 Å². The second-order valence-corrected chi connectivity index (χ2v) is 3.68. The molecule has 2 N–H and O–H groups in total. The highest BCUT2D eigenvalue weighted by atomic mass is 32.2. The van der Waals surface area contributed by atoms with Crippen molar-refractivity contribution >= 4 is 10.1 Å². The lowest BCUT2D eigenvalue weighted by Gasteiger charge is -2.16. The molecule has 94 valence electrons. The molecule has 0 aliphatic rings. The first-order valence-corrected chi connectivity index (χ1v) is 4.74. The van der Waals surface area contributed by atoms with Gasteiger partial charge in [0.15, 0.2) is 0 Å². The van der Waals surface area contributed by atoms with Gasteiger partial charge in [-0.1, -0.05) is 0 Å². The summed E-state index contributed by atoms with van der Waals surface area (Å²) >= 11 is 0. The predicted molar refractivity (Wildman–Crippen MR) is 35.6 cm³/mol. The van der Waals surface area contributed by atoms with Crippen LogP contribution in [-0.2, 0) is 10.1 Å². The summed E-state index contributed by atoms with van der Waals surface area (Å²) in [6.07, 6.45) is -14.8. The Morgan fingerprint density at radius 1 is 1.00 bits per heavy atom. The minimum Gasteiger partial charge on any atom is -0.377 e. The predicted octanol–water partition coefficient (Wildman–Crippen LogP) is 0.976. The fourth-order valence-corrected chi connectivity index (χ4v) is 0.186. The second-order valence-electron chi connectivity index (χ2n) is 2.22. The molecule has 0 saturated heterocycles. The van der Waals surface area contributed by atoms with Crippen LogP contribution in [0.5, 0.6) is 0 Å². The van der Waals surface area contributed by atoms with Gasteiger partial charge in [0.05, 0.1) is 6.26 Å². The Labute approximate surface area is 80.3 Å². The van der Waals surface area contributed by atoms with Crippen LogP contribution in [0.4, 0.5) is 26.3 Å². The van der Waals surface area contributed by atoms with Crippen LogP contribution in [0, 0.1) is 0 Å². The molecular weight excluding hydrogens is 258 g/mol. The average Bonchev–Trinajstić information content (AvgIpc) is 1.77. The van der Waals surface area contributed by atoms with Crippen molar-refractivity contribution in [2.24, 2.45) is 0 Å². The Morgan fingerprint density at radius 3 is 1.13 bits per heavy atom. The van der Waals surface area contributed by atoms with Gasteiger partial charge >= 0.3 is 12.4 Å². The van der Waals surface area contributed by atoms with Crippen LogP contribution in [0.25, 0.3) is 0 Å². The lowest BCUT2D eigenvalue weighted by atomic mass is 10.3. The van der Waals surface area contributed by atoms with Crippen molar-refractivity contribution in [2.45, 2.75) is 18.5 Å². The monoisotopic (exact) mass is 264 g/mol. The van der Waals surface area contributed by atoms with Crippen LogP contribution in [0.3, 0.4) is 0 Å². The number of rotatable bonds is 0. The van der Waals surface area contributed by atoms with Crippen molar-refractivity contribution in [3.05, 3.63) is 0 Å². The van der Waals surface area contributed by atoms with E-state index in [1.54, 1.807) is 0 Å². The third kappa shape index (κ3) is 13.4. The van der Waals surface area contributed by atoms with Crippen molar-refractivity contribution in [2.75, 3.05) is 6.26 Å². The first-order valence-electron chi connectivity index (χ1n) is 2.89. The van der Waals surface area contributed by atoms with E-state index in [1.165, 1.54) is 0 Å². The van der Waals surface area contributed by atoms with Crippen molar-refractivity contribution in [1.82, 2.24) is 0 Å².